The molecule has 3 unspecified atom stereocenters. The smallest absolute Gasteiger partial charge is 0.0817 e. The van der Waals surface area contributed by atoms with Crippen LogP contribution in [0.5, 0.6) is 0 Å². The van der Waals surface area contributed by atoms with Gasteiger partial charge >= 0.3 is 0 Å². The van der Waals surface area contributed by atoms with Gasteiger partial charge in [-0.1, -0.05) is 43.7 Å². The molecule has 1 fully saturated rings. The number of aliphatic hydroxyl groups excluding tert-OH is 1. The van der Waals surface area contributed by atoms with Crippen molar-refractivity contribution in [1.29, 1.82) is 0 Å². The van der Waals surface area contributed by atoms with E-state index in [9.17, 15) is 5.11 Å². The summed E-state index contributed by atoms with van der Waals surface area (Å²) >= 11 is 0. The van der Waals surface area contributed by atoms with Crippen LogP contribution in [0.3, 0.4) is 0 Å². The van der Waals surface area contributed by atoms with Crippen molar-refractivity contribution in [2.24, 2.45) is 28.4 Å². The first kappa shape index (κ1) is 13.8. The van der Waals surface area contributed by atoms with Crippen LogP contribution < -0.4 is 5.73 Å². The largest absolute Gasteiger partial charge is 0.388 e. The number of hydrogen-bond donors (Lipinski definition) is 2. The van der Waals surface area contributed by atoms with Gasteiger partial charge in [0.25, 0.3) is 0 Å². The van der Waals surface area contributed by atoms with Crippen molar-refractivity contribution in [1.82, 2.24) is 0 Å². The third-order valence-corrected chi connectivity index (χ3v) is 7.08. The van der Waals surface area contributed by atoms with E-state index >= 15 is 0 Å². The number of nitrogens with two attached hydrogens (primary N) is 1. The quantitative estimate of drug-likeness (QED) is 0.671. The summed E-state index contributed by atoms with van der Waals surface area (Å²) in [5.41, 5.74) is 9.49. The van der Waals surface area contributed by atoms with E-state index < -0.39 is 0 Å². The van der Waals surface area contributed by atoms with Crippen LogP contribution in [-0.2, 0) is 0 Å². The molecule has 2 nitrogen and oxygen atoms in total. The van der Waals surface area contributed by atoms with Crippen molar-refractivity contribution in [3.63, 3.8) is 0 Å². The topological polar surface area (TPSA) is 46.2 Å². The summed E-state index contributed by atoms with van der Waals surface area (Å²) in [5, 5.41) is 10.4. The van der Waals surface area contributed by atoms with Gasteiger partial charge in [-0.2, -0.15) is 0 Å². The molecule has 3 N–H and O–H groups in total. The normalized spacial score (nSPS) is 51.6. The monoisotopic (exact) mass is 285 g/mol. The zero-order chi connectivity index (χ0) is 14.8. The Labute approximate surface area is 127 Å². The molecule has 4 rings (SSSR count). The molecule has 2 heteroatoms. The standard InChI is InChI=1S/C19H27NO/c1-18-9-7-13(20)11-12(18)3-4-14-15-5-6-17(21)19(15,2)10-8-16(14)18/h5-7,9,12-13,16-17,21H,3-4,8,10-11,20H2,1-2H3/t12?,13?,16-,17?,18+,19+/m1/s1. The summed E-state index contributed by atoms with van der Waals surface area (Å²) in [5.74, 6) is 1.38. The van der Waals surface area contributed by atoms with Crippen molar-refractivity contribution in [3.05, 3.63) is 35.5 Å². The van der Waals surface area contributed by atoms with E-state index in [1.54, 1.807) is 5.57 Å². The lowest BCUT2D eigenvalue weighted by Gasteiger charge is -2.54. The lowest BCUT2D eigenvalue weighted by molar-refractivity contribution is 0.0526. The van der Waals surface area contributed by atoms with Gasteiger partial charge < -0.3 is 10.8 Å². The van der Waals surface area contributed by atoms with Crippen LogP contribution in [0.25, 0.3) is 0 Å². The number of hydrogen-bond acceptors (Lipinski definition) is 2. The third kappa shape index (κ3) is 1.72. The summed E-state index contributed by atoms with van der Waals surface area (Å²) in [4.78, 5) is 0. The van der Waals surface area contributed by atoms with E-state index in [0.29, 0.717) is 5.92 Å². The molecule has 0 radical (unpaired) electrons. The molecule has 0 saturated heterocycles. The fourth-order valence-electron chi connectivity index (χ4n) is 5.59. The Balaban J connectivity index is 1.79. The highest BCUT2D eigenvalue weighted by Crippen LogP contribution is 2.61. The van der Waals surface area contributed by atoms with Crippen molar-refractivity contribution < 1.29 is 5.11 Å². The van der Waals surface area contributed by atoms with Crippen LogP contribution in [0.2, 0.25) is 0 Å². The first-order valence-corrected chi connectivity index (χ1v) is 8.50. The highest BCUT2D eigenvalue weighted by Gasteiger charge is 2.52. The lowest BCUT2D eigenvalue weighted by Crippen LogP contribution is -2.47. The minimum absolute atomic E-state index is 0.0240. The lowest BCUT2D eigenvalue weighted by atomic mass is 9.51. The molecule has 0 aromatic rings. The first-order chi connectivity index (χ1) is 9.95. The second-order valence-electron chi connectivity index (χ2n) is 8.11. The Morgan fingerprint density at radius 3 is 2.86 bits per heavy atom. The molecule has 1 saturated carbocycles. The molecule has 21 heavy (non-hydrogen) atoms. The van der Waals surface area contributed by atoms with Crippen LogP contribution in [0, 0.1) is 22.7 Å². The van der Waals surface area contributed by atoms with Crippen LogP contribution in [-0.4, -0.2) is 17.3 Å². The highest BCUT2D eigenvalue weighted by atomic mass is 16.3. The molecule has 0 heterocycles. The Bertz CT molecular complexity index is 560. The van der Waals surface area contributed by atoms with Crippen molar-refractivity contribution >= 4 is 0 Å². The molecule has 0 aliphatic heterocycles. The SMILES string of the molecule is C[C@]12CC[C@@H]3C(=C1C=CC2O)CCC1CC(N)C=C[C@@]13C. The van der Waals surface area contributed by atoms with E-state index in [-0.39, 0.29) is 23.0 Å². The van der Waals surface area contributed by atoms with E-state index in [1.807, 2.05) is 6.08 Å². The number of aliphatic hydroxyl groups is 1. The predicted molar refractivity (Wildman–Crippen MR) is 85.6 cm³/mol. The minimum Gasteiger partial charge on any atom is -0.388 e. The van der Waals surface area contributed by atoms with Crippen LogP contribution in [0.4, 0.5) is 0 Å². The molecular weight excluding hydrogens is 258 g/mol. The summed E-state index contributed by atoms with van der Waals surface area (Å²) in [6.45, 7) is 4.69. The molecule has 114 valence electrons. The molecule has 0 amide bonds. The summed E-state index contributed by atoms with van der Waals surface area (Å²) < 4.78 is 0. The third-order valence-electron chi connectivity index (χ3n) is 7.08. The van der Waals surface area contributed by atoms with Crippen molar-refractivity contribution in [2.45, 2.75) is 58.1 Å². The summed E-state index contributed by atoms with van der Waals surface area (Å²) in [6.07, 6.45) is 14.5. The number of allylic oxidation sites excluding steroid dienone is 3. The summed E-state index contributed by atoms with van der Waals surface area (Å²) in [6, 6.07) is 0.249. The van der Waals surface area contributed by atoms with Gasteiger partial charge in [-0.25, -0.2) is 0 Å². The molecular formula is C19H27NO. The van der Waals surface area contributed by atoms with Crippen LogP contribution >= 0.6 is 0 Å². The Morgan fingerprint density at radius 1 is 1.24 bits per heavy atom. The highest BCUT2D eigenvalue weighted by molar-refractivity contribution is 5.45. The number of fused-ring (bicyclic) bond motifs is 4. The molecule has 0 spiro atoms. The molecule has 6 atom stereocenters. The van der Waals surface area contributed by atoms with Gasteiger partial charge in [0.15, 0.2) is 0 Å². The zero-order valence-corrected chi connectivity index (χ0v) is 13.2. The zero-order valence-electron chi connectivity index (χ0n) is 13.2. The van der Waals surface area contributed by atoms with Gasteiger partial charge in [-0.3, -0.25) is 0 Å². The number of rotatable bonds is 0. The Kier molecular flexibility index (Phi) is 2.84. The van der Waals surface area contributed by atoms with Crippen LogP contribution in [0.15, 0.2) is 35.5 Å². The molecule has 0 bridgehead atoms. The van der Waals surface area contributed by atoms with E-state index in [2.05, 4.69) is 32.1 Å². The fraction of sp³-hybridized carbons (Fsp3) is 0.684. The first-order valence-electron chi connectivity index (χ1n) is 8.50. The molecule has 4 aliphatic carbocycles. The predicted octanol–water partition coefficient (Wildman–Crippen LogP) is 3.33. The average molecular weight is 285 g/mol. The van der Waals surface area contributed by atoms with E-state index in [1.165, 1.54) is 24.8 Å². The van der Waals surface area contributed by atoms with Gasteiger partial charge in [0.05, 0.1) is 6.10 Å². The van der Waals surface area contributed by atoms with E-state index in [4.69, 9.17) is 5.73 Å². The average Bonchev–Trinajstić information content (AvgIpc) is 2.76. The Morgan fingerprint density at radius 2 is 2.05 bits per heavy atom. The minimum atomic E-state index is -0.290. The second-order valence-corrected chi connectivity index (χ2v) is 8.11. The maximum atomic E-state index is 10.4. The molecule has 0 aromatic carbocycles. The van der Waals surface area contributed by atoms with Gasteiger partial charge in [-0.05, 0) is 54.9 Å². The maximum Gasteiger partial charge on any atom is 0.0817 e. The van der Waals surface area contributed by atoms with Crippen LogP contribution in [0.1, 0.15) is 46.0 Å². The Hall–Kier alpha value is -0.860. The van der Waals surface area contributed by atoms with Crippen molar-refractivity contribution in [3.8, 4) is 0 Å². The molecule has 0 aromatic heterocycles. The summed E-state index contributed by atoms with van der Waals surface area (Å²) in [7, 11) is 0. The van der Waals surface area contributed by atoms with Gasteiger partial charge in [0.2, 0.25) is 0 Å². The molecule has 4 aliphatic rings. The van der Waals surface area contributed by atoms with Gasteiger partial charge in [0, 0.05) is 11.5 Å². The van der Waals surface area contributed by atoms with E-state index in [0.717, 1.165) is 18.8 Å². The second kappa shape index (κ2) is 4.33. The fourth-order valence-corrected chi connectivity index (χ4v) is 5.59. The van der Waals surface area contributed by atoms with Gasteiger partial charge in [0.1, 0.15) is 0 Å². The maximum absolute atomic E-state index is 10.4. The van der Waals surface area contributed by atoms with Gasteiger partial charge in [-0.15, -0.1) is 0 Å². The van der Waals surface area contributed by atoms with Crippen molar-refractivity contribution in [2.75, 3.05) is 0 Å².